The summed E-state index contributed by atoms with van der Waals surface area (Å²) >= 11 is 0. The number of rotatable bonds is 13. The fourth-order valence-corrected chi connectivity index (χ4v) is 9.01. The van der Waals surface area contributed by atoms with Crippen LogP contribution >= 0.6 is 0 Å². The molecular formula is C44H58I2N2O2. The van der Waals surface area contributed by atoms with Crippen LogP contribution in [0.25, 0.3) is 0 Å². The van der Waals surface area contributed by atoms with Crippen LogP contribution in [0.3, 0.4) is 0 Å². The van der Waals surface area contributed by atoms with Crippen LogP contribution in [0.5, 0.6) is 0 Å². The van der Waals surface area contributed by atoms with Crippen molar-refractivity contribution in [2.75, 3.05) is 53.4 Å². The maximum absolute atomic E-state index is 12.0. The summed E-state index contributed by atoms with van der Waals surface area (Å²) in [6, 6.07) is 40.9. The zero-order valence-corrected chi connectivity index (χ0v) is 34.5. The Hall–Kier alpha value is -1.82. The van der Waals surface area contributed by atoms with Gasteiger partial charge in [-0.05, 0) is 85.5 Å². The lowest BCUT2D eigenvalue weighted by Crippen LogP contribution is -3.00. The van der Waals surface area contributed by atoms with E-state index in [2.05, 4.69) is 62.6 Å². The first kappa shape index (κ1) is 40.9. The third-order valence-corrected chi connectivity index (χ3v) is 12.3. The molecule has 0 atom stereocenters. The van der Waals surface area contributed by atoms with Crippen molar-refractivity contribution < 1.29 is 67.1 Å². The predicted octanol–water partition coefficient (Wildman–Crippen LogP) is 2.14. The van der Waals surface area contributed by atoms with Crippen LogP contribution in [0.1, 0.15) is 73.6 Å². The van der Waals surface area contributed by atoms with Gasteiger partial charge in [0.05, 0.1) is 53.4 Å². The molecule has 0 amide bonds. The lowest BCUT2D eigenvalue weighted by molar-refractivity contribution is -0.919. The second kappa shape index (κ2) is 18.3. The van der Waals surface area contributed by atoms with Gasteiger partial charge < -0.3 is 67.1 Å². The molecule has 2 heterocycles. The van der Waals surface area contributed by atoms with E-state index in [1.807, 2.05) is 72.8 Å². The highest BCUT2D eigenvalue weighted by Crippen LogP contribution is 2.39. The monoisotopic (exact) mass is 900 g/mol. The van der Waals surface area contributed by atoms with Crippen LogP contribution in [0.4, 0.5) is 0 Å². The molecular weight excluding hydrogens is 842 g/mol. The van der Waals surface area contributed by atoms with Gasteiger partial charge in [-0.1, -0.05) is 121 Å². The summed E-state index contributed by atoms with van der Waals surface area (Å²) in [5.74, 6) is 1.69. The first-order valence-electron chi connectivity index (χ1n) is 18.6. The summed E-state index contributed by atoms with van der Waals surface area (Å²) in [6.07, 6.45) is 8.80. The Bertz CT molecular complexity index is 1340. The highest BCUT2D eigenvalue weighted by atomic mass is 127. The minimum Gasteiger partial charge on any atom is -1.00 e. The van der Waals surface area contributed by atoms with Gasteiger partial charge in [0.15, 0.2) is 0 Å². The number of quaternary nitrogens is 2. The molecule has 0 bridgehead atoms. The second-order valence-electron chi connectivity index (χ2n) is 15.6. The van der Waals surface area contributed by atoms with Gasteiger partial charge in [-0.25, -0.2) is 0 Å². The molecule has 4 aromatic rings. The van der Waals surface area contributed by atoms with Crippen LogP contribution < -0.4 is 48.0 Å². The Morgan fingerprint density at radius 1 is 0.460 bits per heavy atom. The molecule has 0 saturated carbocycles. The van der Waals surface area contributed by atoms with Crippen LogP contribution in [0.15, 0.2) is 121 Å². The van der Waals surface area contributed by atoms with Gasteiger partial charge in [-0.15, -0.1) is 0 Å². The SMILES string of the molecule is C[N+]1(CCCC(O)(c2ccccc2)c2ccccc2)CCC(C2CC[N+](C)(CCCC(O)(c3ccccc3)c3ccccc3)CC2)CC1.[I-].[I-]. The summed E-state index contributed by atoms with van der Waals surface area (Å²) < 4.78 is 2.25. The highest BCUT2D eigenvalue weighted by molar-refractivity contribution is 5.37. The van der Waals surface area contributed by atoms with E-state index < -0.39 is 11.2 Å². The fourth-order valence-electron chi connectivity index (χ4n) is 9.01. The van der Waals surface area contributed by atoms with Gasteiger partial charge in [0.2, 0.25) is 0 Å². The Morgan fingerprint density at radius 3 is 0.940 bits per heavy atom. The number of benzene rings is 4. The lowest BCUT2D eigenvalue weighted by Gasteiger charge is -2.46. The van der Waals surface area contributed by atoms with E-state index >= 15 is 0 Å². The Kier molecular flexibility index (Phi) is 15.0. The molecule has 0 unspecified atom stereocenters. The molecule has 2 saturated heterocycles. The van der Waals surface area contributed by atoms with Gasteiger partial charge in [0.1, 0.15) is 11.2 Å². The number of likely N-dealkylation sites (tertiary alicyclic amines) is 2. The van der Waals surface area contributed by atoms with E-state index in [4.69, 9.17) is 0 Å². The molecule has 2 aliphatic heterocycles. The summed E-state index contributed by atoms with van der Waals surface area (Å²) in [6.45, 7) is 7.24. The smallest absolute Gasteiger partial charge is 0.115 e. The largest absolute Gasteiger partial charge is 1.00 e. The zero-order chi connectivity index (χ0) is 33.5. The van der Waals surface area contributed by atoms with Crippen LogP contribution in [0.2, 0.25) is 0 Å². The topological polar surface area (TPSA) is 40.5 Å². The summed E-state index contributed by atoms with van der Waals surface area (Å²) in [5, 5.41) is 24.0. The van der Waals surface area contributed by atoms with Gasteiger partial charge in [-0.2, -0.15) is 0 Å². The van der Waals surface area contributed by atoms with E-state index in [1.165, 1.54) is 51.9 Å². The van der Waals surface area contributed by atoms with Crippen molar-refractivity contribution >= 4 is 0 Å². The molecule has 270 valence electrons. The molecule has 2 aliphatic rings. The molecule has 2 N–H and O–H groups in total. The Labute approximate surface area is 336 Å². The molecule has 50 heavy (non-hydrogen) atoms. The van der Waals surface area contributed by atoms with Crippen molar-refractivity contribution in [1.82, 2.24) is 0 Å². The van der Waals surface area contributed by atoms with E-state index in [0.29, 0.717) is 0 Å². The number of hydrogen-bond acceptors (Lipinski definition) is 2. The molecule has 0 spiro atoms. The van der Waals surface area contributed by atoms with Crippen molar-refractivity contribution in [1.29, 1.82) is 0 Å². The minimum absolute atomic E-state index is 0. The summed E-state index contributed by atoms with van der Waals surface area (Å²) in [7, 11) is 4.89. The number of nitrogens with zero attached hydrogens (tertiary/aromatic N) is 2. The first-order valence-corrected chi connectivity index (χ1v) is 18.6. The maximum atomic E-state index is 12.0. The third kappa shape index (κ3) is 9.78. The number of aliphatic hydroxyl groups is 2. The highest BCUT2D eigenvalue weighted by Gasteiger charge is 2.40. The van der Waals surface area contributed by atoms with Crippen LogP contribution in [-0.4, -0.2) is 72.5 Å². The van der Waals surface area contributed by atoms with Gasteiger partial charge in [0, 0.05) is 0 Å². The lowest BCUT2D eigenvalue weighted by atomic mass is 9.77. The summed E-state index contributed by atoms with van der Waals surface area (Å²) in [5.41, 5.74) is 2.06. The summed E-state index contributed by atoms with van der Waals surface area (Å²) in [4.78, 5) is 0. The predicted molar refractivity (Wildman–Crippen MR) is 197 cm³/mol. The van der Waals surface area contributed by atoms with E-state index in [1.54, 1.807) is 0 Å². The van der Waals surface area contributed by atoms with Crippen LogP contribution in [-0.2, 0) is 11.2 Å². The third-order valence-electron chi connectivity index (χ3n) is 12.3. The normalized spacial score (nSPS) is 24.1. The van der Waals surface area contributed by atoms with E-state index in [-0.39, 0.29) is 48.0 Å². The average Bonchev–Trinajstić information content (AvgIpc) is 3.13. The quantitative estimate of drug-likeness (QED) is 0.160. The zero-order valence-electron chi connectivity index (χ0n) is 30.1. The standard InChI is InChI=1S/C44H58N2O2.2HI/c1-45(31-15-29-43(47,39-17-7-3-8-18-39)40-19-9-4-10-20-40)33-25-37(26-34-45)38-27-35-46(2,36-28-38)32-16-30-44(48,41-21-11-5-12-22-41)42-23-13-6-14-24-42;;/h3-14,17-24,37-38,47-48H,15-16,25-36H2,1-2H3;2*1H/q+2;;/p-2. The Morgan fingerprint density at radius 2 is 0.700 bits per heavy atom. The number of halogens is 2. The molecule has 6 heteroatoms. The molecule has 2 fully saturated rings. The maximum Gasteiger partial charge on any atom is 0.115 e. The van der Waals surface area contributed by atoms with Gasteiger partial charge >= 0.3 is 0 Å². The molecule has 6 rings (SSSR count). The fraction of sp³-hybridized carbons (Fsp3) is 0.455. The van der Waals surface area contributed by atoms with Crippen molar-refractivity contribution in [3.8, 4) is 0 Å². The van der Waals surface area contributed by atoms with E-state index in [0.717, 1.165) is 81.8 Å². The molecule has 0 aromatic heterocycles. The number of hydrogen-bond donors (Lipinski definition) is 2. The first-order chi connectivity index (χ1) is 23.2. The van der Waals surface area contributed by atoms with Crippen LogP contribution in [0, 0.1) is 11.8 Å². The second-order valence-corrected chi connectivity index (χ2v) is 15.6. The molecule has 0 radical (unpaired) electrons. The Balaban J connectivity index is 0.00000281. The molecule has 4 nitrogen and oxygen atoms in total. The van der Waals surface area contributed by atoms with Crippen molar-refractivity contribution in [3.63, 3.8) is 0 Å². The van der Waals surface area contributed by atoms with Crippen molar-refractivity contribution in [3.05, 3.63) is 144 Å². The average molecular weight is 901 g/mol. The molecule has 0 aliphatic carbocycles. The van der Waals surface area contributed by atoms with Crippen molar-refractivity contribution in [2.24, 2.45) is 11.8 Å². The minimum atomic E-state index is -0.950. The number of piperidine rings is 2. The van der Waals surface area contributed by atoms with E-state index in [9.17, 15) is 10.2 Å². The molecule has 4 aromatic carbocycles. The van der Waals surface area contributed by atoms with Gasteiger partial charge in [-0.3, -0.25) is 0 Å². The van der Waals surface area contributed by atoms with Crippen molar-refractivity contribution in [2.45, 2.75) is 62.6 Å². The van der Waals surface area contributed by atoms with Gasteiger partial charge in [0.25, 0.3) is 0 Å².